The molecule has 2 N–H and O–H groups in total. The van der Waals surface area contributed by atoms with E-state index >= 15 is 0 Å². The van der Waals surface area contributed by atoms with Gasteiger partial charge in [0.15, 0.2) is 0 Å². The van der Waals surface area contributed by atoms with Crippen LogP contribution in [0.5, 0.6) is 0 Å². The molecule has 1 aliphatic heterocycles. The molecule has 1 aromatic rings. The minimum Gasteiger partial charge on any atom is -0.386 e. The Bertz CT molecular complexity index is 554. The lowest BCUT2D eigenvalue weighted by atomic mass is 9.83. The van der Waals surface area contributed by atoms with Crippen LogP contribution in [-0.4, -0.2) is 47.1 Å². The predicted octanol–water partition coefficient (Wildman–Crippen LogP) is 1.30. The van der Waals surface area contributed by atoms with Crippen LogP contribution >= 0.6 is 11.6 Å². The number of halogens is 1. The molecule has 114 valence electrons. The van der Waals surface area contributed by atoms with Crippen molar-refractivity contribution in [3.63, 3.8) is 0 Å². The summed E-state index contributed by atoms with van der Waals surface area (Å²) in [5, 5.41) is 13.0. The molecule has 0 bridgehead atoms. The molecule has 6 heteroatoms. The zero-order chi connectivity index (χ0) is 15.6. The second kappa shape index (κ2) is 6.03. The SMILES string of the molecule is CC(C)C1(O)CN(C(=O)CNC(=O)c2ccccc2Cl)C1. The molecule has 0 unspecified atom stereocenters. The summed E-state index contributed by atoms with van der Waals surface area (Å²) < 4.78 is 0. The van der Waals surface area contributed by atoms with Crippen molar-refractivity contribution in [2.75, 3.05) is 19.6 Å². The van der Waals surface area contributed by atoms with Crippen LogP contribution in [0.2, 0.25) is 5.02 Å². The molecule has 1 saturated heterocycles. The molecule has 0 radical (unpaired) electrons. The number of nitrogens with zero attached hydrogens (tertiary/aromatic N) is 1. The Balaban J connectivity index is 1.83. The molecular formula is C15H19ClN2O3. The highest BCUT2D eigenvalue weighted by Crippen LogP contribution is 2.28. The summed E-state index contributed by atoms with van der Waals surface area (Å²) >= 11 is 5.92. The van der Waals surface area contributed by atoms with Gasteiger partial charge in [0.2, 0.25) is 5.91 Å². The highest BCUT2D eigenvalue weighted by atomic mass is 35.5. The Hall–Kier alpha value is -1.59. The number of rotatable bonds is 4. The first-order chi connectivity index (χ1) is 9.83. The van der Waals surface area contributed by atoms with Gasteiger partial charge >= 0.3 is 0 Å². The summed E-state index contributed by atoms with van der Waals surface area (Å²) in [6.07, 6.45) is 0. The largest absolute Gasteiger partial charge is 0.386 e. The van der Waals surface area contributed by atoms with Crippen molar-refractivity contribution < 1.29 is 14.7 Å². The van der Waals surface area contributed by atoms with Crippen LogP contribution in [-0.2, 0) is 4.79 Å². The van der Waals surface area contributed by atoms with Gasteiger partial charge in [-0.2, -0.15) is 0 Å². The number of aliphatic hydroxyl groups is 1. The van der Waals surface area contributed by atoms with Gasteiger partial charge in [-0.05, 0) is 18.1 Å². The first-order valence-electron chi connectivity index (χ1n) is 6.86. The van der Waals surface area contributed by atoms with E-state index in [1.807, 2.05) is 13.8 Å². The third kappa shape index (κ3) is 3.36. The molecule has 0 atom stereocenters. The maximum Gasteiger partial charge on any atom is 0.253 e. The van der Waals surface area contributed by atoms with Crippen molar-refractivity contribution in [3.05, 3.63) is 34.9 Å². The minimum absolute atomic E-state index is 0.0965. The van der Waals surface area contributed by atoms with Crippen molar-refractivity contribution in [2.24, 2.45) is 5.92 Å². The van der Waals surface area contributed by atoms with E-state index in [1.54, 1.807) is 24.3 Å². The van der Waals surface area contributed by atoms with Crippen LogP contribution in [0.15, 0.2) is 24.3 Å². The Morgan fingerprint density at radius 2 is 2.00 bits per heavy atom. The fraction of sp³-hybridized carbons (Fsp3) is 0.467. The van der Waals surface area contributed by atoms with Crippen molar-refractivity contribution in [1.29, 1.82) is 0 Å². The topological polar surface area (TPSA) is 69.6 Å². The van der Waals surface area contributed by atoms with Crippen molar-refractivity contribution in [2.45, 2.75) is 19.4 Å². The molecular weight excluding hydrogens is 292 g/mol. The average Bonchev–Trinajstić information content (AvgIpc) is 2.41. The first-order valence-corrected chi connectivity index (χ1v) is 7.24. The smallest absolute Gasteiger partial charge is 0.253 e. The summed E-state index contributed by atoms with van der Waals surface area (Å²) in [7, 11) is 0. The van der Waals surface area contributed by atoms with Crippen LogP contribution in [0, 0.1) is 5.92 Å². The summed E-state index contributed by atoms with van der Waals surface area (Å²) in [5.74, 6) is -0.492. The average molecular weight is 311 g/mol. The second-order valence-corrected chi connectivity index (χ2v) is 6.08. The van der Waals surface area contributed by atoms with Crippen LogP contribution in [0.25, 0.3) is 0 Å². The van der Waals surface area contributed by atoms with Crippen molar-refractivity contribution >= 4 is 23.4 Å². The molecule has 5 nitrogen and oxygen atoms in total. The van der Waals surface area contributed by atoms with Crippen molar-refractivity contribution in [1.82, 2.24) is 10.2 Å². The van der Waals surface area contributed by atoms with E-state index < -0.39 is 5.60 Å². The Morgan fingerprint density at radius 3 is 2.57 bits per heavy atom. The van der Waals surface area contributed by atoms with E-state index in [4.69, 9.17) is 11.6 Å². The number of hydrogen-bond donors (Lipinski definition) is 2. The molecule has 0 saturated carbocycles. The molecule has 0 aliphatic carbocycles. The lowest BCUT2D eigenvalue weighted by Gasteiger charge is -2.49. The maximum atomic E-state index is 11.9. The van der Waals surface area contributed by atoms with Gasteiger partial charge in [-0.1, -0.05) is 37.6 Å². The first kappa shape index (κ1) is 15.8. The number of likely N-dealkylation sites (tertiary alicyclic amines) is 1. The number of nitrogens with one attached hydrogen (secondary N) is 1. The molecule has 21 heavy (non-hydrogen) atoms. The fourth-order valence-corrected chi connectivity index (χ4v) is 2.39. The summed E-state index contributed by atoms with van der Waals surface area (Å²) in [5.41, 5.74) is -0.461. The number of benzene rings is 1. The molecule has 1 aliphatic rings. The van der Waals surface area contributed by atoms with Gasteiger partial charge in [-0.3, -0.25) is 9.59 Å². The van der Waals surface area contributed by atoms with Gasteiger partial charge in [0.25, 0.3) is 5.91 Å². The third-order valence-electron chi connectivity index (χ3n) is 3.88. The molecule has 2 rings (SSSR count). The van der Waals surface area contributed by atoms with E-state index in [9.17, 15) is 14.7 Å². The predicted molar refractivity (Wildman–Crippen MR) is 80.2 cm³/mol. The molecule has 0 aromatic heterocycles. The third-order valence-corrected chi connectivity index (χ3v) is 4.20. The van der Waals surface area contributed by atoms with Crippen molar-refractivity contribution in [3.8, 4) is 0 Å². The fourth-order valence-electron chi connectivity index (χ4n) is 2.16. The molecule has 2 amide bonds. The zero-order valence-corrected chi connectivity index (χ0v) is 12.9. The van der Waals surface area contributed by atoms with E-state index in [0.29, 0.717) is 23.7 Å². The lowest BCUT2D eigenvalue weighted by Crippen LogP contribution is -2.67. The number of carbonyl (C=O) groups excluding carboxylic acids is 2. The van der Waals surface area contributed by atoms with E-state index in [2.05, 4.69) is 5.32 Å². The van der Waals surface area contributed by atoms with Gasteiger partial charge in [0, 0.05) is 0 Å². The normalized spacial score (nSPS) is 16.5. The van der Waals surface area contributed by atoms with Gasteiger partial charge in [-0.15, -0.1) is 0 Å². The highest BCUT2D eigenvalue weighted by Gasteiger charge is 2.45. The molecule has 1 aromatic carbocycles. The Kier molecular flexibility index (Phi) is 4.54. The van der Waals surface area contributed by atoms with E-state index in [-0.39, 0.29) is 24.3 Å². The van der Waals surface area contributed by atoms with Gasteiger partial charge < -0.3 is 15.3 Å². The van der Waals surface area contributed by atoms with E-state index in [0.717, 1.165) is 0 Å². The number of amides is 2. The Morgan fingerprint density at radius 1 is 1.38 bits per heavy atom. The monoisotopic (exact) mass is 310 g/mol. The number of carbonyl (C=O) groups is 2. The summed E-state index contributed by atoms with van der Waals surface area (Å²) in [6, 6.07) is 6.66. The summed E-state index contributed by atoms with van der Waals surface area (Å²) in [4.78, 5) is 25.4. The minimum atomic E-state index is -0.803. The van der Waals surface area contributed by atoms with Crippen LogP contribution in [0.1, 0.15) is 24.2 Å². The molecule has 0 spiro atoms. The van der Waals surface area contributed by atoms with Crippen LogP contribution < -0.4 is 5.32 Å². The molecule has 1 fully saturated rings. The Labute approximate surface area is 128 Å². The van der Waals surface area contributed by atoms with Gasteiger partial charge in [0.1, 0.15) is 5.60 Å². The number of β-amino-alcohol motifs (C(OH)–C–C–N with tert-alkyl or cyclic N) is 1. The van der Waals surface area contributed by atoms with Crippen LogP contribution in [0.4, 0.5) is 0 Å². The number of hydrogen-bond acceptors (Lipinski definition) is 3. The molecule has 1 heterocycles. The van der Waals surface area contributed by atoms with Gasteiger partial charge in [0.05, 0.1) is 30.2 Å². The van der Waals surface area contributed by atoms with Crippen LogP contribution in [0.3, 0.4) is 0 Å². The van der Waals surface area contributed by atoms with Gasteiger partial charge in [-0.25, -0.2) is 0 Å². The maximum absolute atomic E-state index is 11.9. The zero-order valence-electron chi connectivity index (χ0n) is 12.1. The summed E-state index contributed by atoms with van der Waals surface area (Å²) in [6.45, 7) is 4.36. The standard InChI is InChI=1S/C15H19ClN2O3/c1-10(2)15(21)8-18(9-15)13(19)7-17-14(20)11-5-3-4-6-12(11)16/h3-6,10,21H,7-9H2,1-2H3,(H,17,20). The lowest BCUT2D eigenvalue weighted by molar-refractivity contribution is -0.162. The quantitative estimate of drug-likeness (QED) is 0.880. The highest BCUT2D eigenvalue weighted by molar-refractivity contribution is 6.33. The van der Waals surface area contributed by atoms with E-state index in [1.165, 1.54) is 4.90 Å². The second-order valence-electron chi connectivity index (χ2n) is 5.67.